The van der Waals surface area contributed by atoms with Crippen molar-refractivity contribution < 1.29 is 4.79 Å². The van der Waals surface area contributed by atoms with Crippen LogP contribution < -0.4 is 10.6 Å². The summed E-state index contributed by atoms with van der Waals surface area (Å²) in [6, 6.07) is 5.81. The van der Waals surface area contributed by atoms with E-state index >= 15 is 0 Å². The van der Waals surface area contributed by atoms with Gasteiger partial charge in [-0.2, -0.15) is 0 Å². The number of carbonyl (C=O) groups excluding carboxylic acids is 1. The van der Waals surface area contributed by atoms with Crippen LogP contribution in [0, 0.1) is 5.92 Å². The normalized spacial score (nSPS) is 17.4. The molecule has 0 atom stereocenters. The summed E-state index contributed by atoms with van der Waals surface area (Å²) in [4.78, 5) is 14.4. The minimum Gasteiger partial charge on any atom is -0.397 e. The van der Waals surface area contributed by atoms with Gasteiger partial charge < -0.3 is 10.6 Å². The fraction of sp³-hybridized carbons (Fsp3) is 0.533. The van der Waals surface area contributed by atoms with Crippen LogP contribution in [0.5, 0.6) is 0 Å². The molecule has 1 aliphatic rings. The molecule has 0 unspecified atom stereocenters. The molecule has 0 bridgehead atoms. The van der Waals surface area contributed by atoms with Crippen molar-refractivity contribution in [3.63, 3.8) is 0 Å². The summed E-state index contributed by atoms with van der Waals surface area (Å²) >= 11 is 0. The van der Waals surface area contributed by atoms with Gasteiger partial charge in [0.25, 0.3) is 0 Å². The number of amides is 1. The molecule has 0 aromatic heterocycles. The lowest BCUT2D eigenvalue weighted by Crippen LogP contribution is -2.37. The predicted molar refractivity (Wildman–Crippen MR) is 75.7 cm³/mol. The Kier molecular flexibility index (Phi) is 3.09. The zero-order chi connectivity index (χ0) is 13.5. The monoisotopic (exact) mass is 246 g/mol. The molecule has 1 aliphatic heterocycles. The van der Waals surface area contributed by atoms with Gasteiger partial charge in [0.15, 0.2) is 0 Å². The van der Waals surface area contributed by atoms with Gasteiger partial charge in [0.1, 0.15) is 0 Å². The quantitative estimate of drug-likeness (QED) is 0.833. The third-order valence-electron chi connectivity index (χ3n) is 3.72. The molecule has 2 rings (SSSR count). The number of rotatable bonds is 3. The molecule has 18 heavy (non-hydrogen) atoms. The van der Waals surface area contributed by atoms with Gasteiger partial charge in [-0.3, -0.25) is 4.79 Å². The van der Waals surface area contributed by atoms with E-state index in [2.05, 4.69) is 13.8 Å². The number of nitrogens with zero attached hydrogens (tertiary/aromatic N) is 1. The molecule has 3 heteroatoms. The zero-order valence-corrected chi connectivity index (χ0v) is 11.7. The maximum absolute atomic E-state index is 12.5. The Morgan fingerprint density at radius 1 is 1.33 bits per heavy atom. The molecule has 1 aromatic carbocycles. The fourth-order valence-electron chi connectivity index (χ4n) is 2.52. The van der Waals surface area contributed by atoms with E-state index in [1.165, 1.54) is 0 Å². The third-order valence-corrected chi connectivity index (χ3v) is 3.72. The lowest BCUT2D eigenvalue weighted by Gasteiger charge is -2.21. The number of hydrogen-bond acceptors (Lipinski definition) is 2. The highest BCUT2D eigenvalue weighted by molar-refractivity contribution is 6.10. The Balaban J connectivity index is 2.42. The molecular weight excluding hydrogens is 224 g/mol. The molecule has 3 nitrogen and oxygen atoms in total. The lowest BCUT2D eigenvalue weighted by atomic mass is 9.86. The summed E-state index contributed by atoms with van der Waals surface area (Å²) in [5, 5.41) is 0. The van der Waals surface area contributed by atoms with E-state index in [9.17, 15) is 4.79 Å². The smallest absolute Gasteiger partial charge is 0.237 e. The molecule has 0 saturated heterocycles. The Labute approximate surface area is 109 Å². The highest BCUT2D eigenvalue weighted by Crippen LogP contribution is 2.44. The zero-order valence-electron chi connectivity index (χ0n) is 11.7. The first-order chi connectivity index (χ1) is 8.35. The van der Waals surface area contributed by atoms with Gasteiger partial charge in [-0.05, 0) is 37.8 Å². The minimum atomic E-state index is -0.457. The van der Waals surface area contributed by atoms with Crippen molar-refractivity contribution in [2.75, 3.05) is 17.2 Å². The van der Waals surface area contributed by atoms with Crippen LogP contribution in [-0.4, -0.2) is 12.5 Å². The molecular formula is C15H22N2O. The van der Waals surface area contributed by atoms with Crippen molar-refractivity contribution in [3.05, 3.63) is 23.8 Å². The maximum Gasteiger partial charge on any atom is 0.237 e. The van der Waals surface area contributed by atoms with E-state index in [1.54, 1.807) is 0 Å². The SMILES string of the molecule is CC(C)CCN1C(=O)C(C)(C)c2cccc(N)c21. The second-order valence-electron chi connectivity index (χ2n) is 6.01. The van der Waals surface area contributed by atoms with Crippen molar-refractivity contribution >= 4 is 17.3 Å². The average Bonchev–Trinajstić information content (AvgIpc) is 2.48. The van der Waals surface area contributed by atoms with Gasteiger partial charge in [0.2, 0.25) is 5.91 Å². The summed E-state index contributed by atoms with van der Waals surface area (Å²) in [6.45, 7) is 9.04. The van der Waals surface area contributed by atoms with Crippen molar-refractivity contribution in [1.29, 1.82) is 0 Å². The Bertz CT molecular complexity index is 477. The largest absolute Gasteiger partial charge is 0.397 e. The van der Waals surface area contributed by atoms with Crippen molar-refractivity contribution in [1.82, 2.24) is 0 Å². The second-order valence-corrected chi connectivity index (χ2v) is 6.01. The number of para-hydroxylation sites is 1. The van der Waals surface area contributed by atoms with Crippen molar-refractivity contribution in [2.45, 2.75) is 39.5 Å². The molecule has 0 spiro atoms. The van der Waals surface area contributed by atoms with Gasteiger partial charge in [-0.15, -0.1) is 0 Å². The summed E-state index contributed by atoms with van der Waals surface area (Å²) in [7, 11) is 0. The van der Waals surface area contributed by atoms with Crippen LogP contribution in [0.15, 0.2) is 18.2 Å². The van der Waals surface area contributed by atoms with Gasteiger partial charge >= 0.3 is 0 Å². The molecule has 1 heterocycles. The van der Waals surface area contributed by atoms with Crippen molar-refractivity contribution in [2.24, 2.45) is 5.92 Å². The molecule has 0 saturated carbocycles. The first kappa shape index (κ1) is 12.9. The summed E-state index contributed by atoms with van der Waals surface area (Å²) in [6.07, 6.45) is 0.996. The number of hydrogen-bond donors (Lipinski definition) is 1. The number of nitrogen functional groups attached to an aromatic ring is 1. The summed E-state index contributed by atoms with van der Waals surface area (Å²) < 4.78 is 0. The van der Waals surface area contributed by atoms with Crippen LogP contribution in [0.2, 0.25) is 0 Å². The molecule has 0 fully saturated rings. The van der Waals surface area contributed by atoms with E-state index in [0.717, 1.165) is 24.2 Å². The molecule has 0 radical (unpaired) electrons. The van der Waals surface area contributed by atoms with E-state index in [0.29, 0.717) is 11.6 Å². The Morgan fingerprint density at radius 3 is 2.61 bits per heavy atom. The van der Waals surface area contributed by atoms with Crippen LogP contribution in [-0.2, 0) is 10.2 Å². The molecule has 1 amide bonds. The standard InChI is InChI=1S/C15H22N2O/c1-10(2)8-9-17-13-11(6-5-7-12(13)16)15(3,4)14(17)18/h5-7,10H,8-9,16H2,1-4H3. The molecule has 2 N–H and O–H groups in total. The fourth-order valence-corrected chi connectivity index (χ4v) is 2.52. The van der Waals surface area contributed by atoms with Gasteiger partial charge in [0, 0.05) is 6.54 Å². The first-order valence-corrected chi connectivity index (χ1v) is 6.56. The predicted octanol–water partition coefficient (Wildman–Crippen LogP) is 2.94. The summed E-state index contributed by atoms with van der Waals surface area (Å²) in [5.74, 6) is 0.742. The highest BCUT2D eigenvalue weighted by atomic mass is 16.2. The topological polar surface area (TPSA) is 46.3 Å². The Hall–Kier alpha value is -1.51. The number of nitrogens with two attached hydrogens (primary N) is 1. The van der Waals surface area contributed by atoms with Gasteiger partial charge in [0.05, 0.1) is 16.8 Å². The van der Waals surface area contributed by atoms with E-state index in [4.69, 9.17) is 5.73 Å². The molecule has 98 valence electrons. The molecule has 1 aromatic rings. The number of carbonyl (C=O) groups is 1. The van der Waals surface area contributed by atoms with Gasteiger partial charge in [-0.1, -0.05) is 26.0 Å². The number of anilines is 2. The number of fused-ring (bicyclic) bond motifs is 1. The van der Waals surface area contributed by atoms with Crippen LogP contribution in [0.1, 0.15) is 39.7 Å². The molecule has 0 aliphatic carbocycles. The first-order valence-electron chi connectivity index (χ1n) is 6.56. The minimum absolute atomic E-state index is 0.163. The van der Waals surface area contributed by atoms with Crippen LogP contribution >= 0.6 is 0 Å². The third kappa shape index (κ3) is 1.88. The Morgan fingerprint density at radius 2 is 2.00 bits per heavy atom. The average molecular weight is 246 g/mol. The lowest BCUT2D eigenvalue weighted by molar-refractivity contribution is -0.122. The number of benzene rings is 1. The van der Waals surface area contributed by atoms with Crippen LogP contribution in [0.25, 0.3) is 0 Å². The van der Waals surface area contributed by atoms with E-state index in [-0.39, 0.29) is 5.91 Å². The van der Waals surface area contributed by atoms with Crippen LogP contribution in [0.4, 0.5) is 11.4 Å². The highest BCUT2D eigenvalue weighted by Gasteiger charge is 2.44. The van der Waals surface area contributed by atoms with Gasteiger partial charge in [-0.25, -0.2) is 0 Å². The van der Waals surface area contributed by atoms with Crippen LogP contribution in [0.3, 0.4) is 0 Å². The second kappa shape index (κ2) is 4.30. The van der Waals surface area contributed by atoms with E-state index < -0.39 is 5.41 Å². The maximum atomic E-state index is 12.5. The van der Waals surface area contributed by atoms with E-state index in [1.807, 2.05) is 36.9 Å². The summed E-state index contributed by atoms with van der Waals surface area (Å²) in [5.41, 5.74) is 8.28. The van der Waals surface area contributed by atoms with Crippen molar-refractivity contribution in [3.8, 4) is 0 Å².